The molecule has 17 heavy (non-hydrogen) atoms. The van der Waals surface area contributed by atoms with Gasteiger partial charge in [0.25, 0.3) is 11.4 Å². The van der Waals surface area contributed by atoms with Crippen LogP contribution in [0.2, 0.25) is 0 Å². The minimum Gasteiger partial charge on any atom is -0.398 e. The van der Waals surface area contributed by atoms with Crippen LogP contribution in [0.1, 0.15) is 0 Å². The summed E-state index contributed by atoms with van der Waals surface area (Å²) in [5, 5.41) is 22.0. The summed E-state index contributed by atoms with van der Waals surface area (Å²) in [5.74, 6) is 0. The van der Waals surface area contributed by atoms with Crippen LogP contribution >= 0.6 is 0 Å². The summed E-state index contributed by atoms with van der Waals surface area (Å²) >= 11 is 0. The Bertz CT molecular complexity index is 618. The molecule has 0 spiro atoms. The highest BCUT2D eigenvalue weighted by Crippen LogP contribution is 2.36. The molecule has 2 N–H and O–H groups in total. The SMILES string of the molecule is Nc1ccc([N+](=O)[O-])c2c([N+](=O)[O-])cccc12. The van der Waals surface area contributed by atoms with E-state index >= 15 is 0 Å². The van der Waals surface area contributed by atoms with Crippen molar-refractivity contribution >= 4 is 27.8 Å². The van der Waals surface area contributed by atoms with E-state index in [4.69, 9.17) is 5.73 Å². The summed E-state index contributed by atoms with van der Waals surface area (Å²) in [6.07, 6.45) is 0. The van der Waals surface area contributed by atoms with Crippen LogP contribution in [0.25, 0.3) is 10.8 Å². The van der Waals surface area contributed by atoms with E-state index in [0.717, 1.165) is 0 Å². The largest absolute Gasteiger partial charge is 0.398 e. The number of nitrogens with two attached hydrogens (primary N) is 1. The lowest BCUT2D eigenvalue weighted by molar-refractivity contribution is -0.390. The molecule has 2 aromatic rings. The van der Waals surface area contributed by atoms with Gasteiger partial charge in [0, 0.05) is 23.2 Å². The highest BCUT2D eigenvalue weighted by molar-refractivity contribution is 6.04. The Hall–Kier alpha value is -2.70. The molecule has 7 heteroatoms. The van der Waals surface area contributed by atoms with Crippen molar-refractivity contribution in [3.63, 3.8) is 0 Å². The quantitative estimate of drug-likeness (QED) is 0.485. The number of hydrogen-bond donors (Lipinski definition) is 1. The number of rotatable bonds is 2. The molecule has 0 unspecified atom stereocenters. The first-order valence-electron chi connectivity index (χ1n) is 4.62. The Balaban J connectivity index is 2.99. The van der Waals surface area contributed by atoms with Gasteiger partial charge in [0.05, 0.1) is 9.85 Å². The average molecular weight is 233 g/mol. The van der Waals surface area contributed by atoms with Gasteiger partial charge in [-0.2, -0.15) is 0 Å². The highest BCUT2D eigenvalue weighted by Gasteiger charge is 2.22. The molecular weight excluding hydrogens is 226 g/mol. The summed E-state index contributed by atoms with van der Waals surface area (Å²) in [6.45, 7) is 0. The Labute approximate surface area is 94.8 Å². The number of fused-ring (bicyclic) bond motifs is 1. The monoisotopic (exact) mass is 233 g/mol. The maximum absolute atomic E-state index is 10.8. The molecule has 0 saturated heterocycles. The molecule has 2 aromatic carbocycles. The minimum atomic E-state index is -0.658. The minimum absolute atomic E-state index is 0.0394. The van der Waals surface area contributed by atoms with E-state index in [9.17, 15) is 20.2 Å². The molecule has 0 aliphatic heterocycles. The van der Waals surface area contributed by atoms with E-state index in [-0.39, 0.29) is 22.4 Å². The van der Waals surface area contributed by atoms with Crippen molar-refractivity contribution in [2.45, 2.75) is 0 Å². The van der Waals surface area contributed by atoms with Gasteiger partial charge >= 0.3 is 0 Å². The van der Waals surface area contributed by atoms with Crippen LogP contribution < -0.4 is 5.73 Å². The van der Waals surface area contributed by atoms with Gasteiger partial charge in [0.1, 0.15) is 5.39 Å². The van der Waals surface area contributed by atoms with Crippen molar-refractivity contribution in [2.75, 3.05) is 5.73 Å². The lowest BCUT2D eigenvalue weighted by atomic mass is 10.1. The predicted molar refractivity (Wildman–Crippen MR) is 61.7 cm³/mol. The predicted octanol–water partition coefficient (Wildman–Crippen LogP) is 2.24. The zero-order valence-corrected chi connectivity index (χ0v) is 8.49. The molecule has 0 bridgehead atoms. The fourth-order valence-electron chi connectivity index (χ4n) is 1.70. The first-order valence-corrected chi connectivity index (χ1v) is 4.62. The normalized spacial score (nSPS) is 10.4. The van der Waals surface area contributed by atoms with Gasteiger partial charge < -0.3 is 5.73 Å². The van der Waals surface area contributed by atoms with Crippen molar-refractivity contribution in [2.24, 2.45) is 0 Å². The van der Waals surface area contributed by atoms with E-state index in [1.54, 1.807) is 0 Å². The number of nitro groups is 2. The van der Waals surface area contributed by atoms with Gasteiger partial charge in [-0.25, -0.2) is 0 Å². The molecule has 2 rings (SSSR count). The topological polar surface area (TPSA) is 112 Å². The van der Waals surface area contributed by atoms with Gasteiger partial charge in [0.15, 0.2) is 0 Å². The summed E-state index contributed by atoms with van der Waals surface area (Å²) in [7, 11) is 0. The van der Waals surface area contributed by atoms with E-state index in [2.05, 4.69) is 0 Å². The highest BCUT2D eigenvalue weighted by atomic mass is 16.6. The van der Waals surface area contributed by atoms with Gasteiger partial charge in [-0.1, -0.05) is 12.1 Å². The molecular formula is C10H7N3O4. The fraction of sp³-hybridized carbons (Fsp3) is 0. The standard InChI is InChI=1S/C10H7N3O4/c11-7-4-5-9(13(16)17)10-6(7)2-1-3-8(10)12(14)15/h1-5H,11H2. The molecule has 0 heterocycles. The van der Waals surface area contributed by atoms with Crippen LogP contribution in [0.3, 0.4) is 0 Å². The van der Waals surface area contributed by atoms with E-state index in [0.29, 0.717) is 5.39 Å². The Morgan fingerprint density at radius 3 is 2.12 bits per heavy atom. The number of nitro benzene ring substituents is 2. The molecule has 0 atom stereocenters. The third-order valence-electron chi connectivity index (χ3n) is 2.42. The van der Waals surface area contributed by atoms with Crippen LogP contribution in [-0.2, 0) is 0 Å². The van der Waals surface area contributed by atoms with Crippen LogP contribution in [0.15, 0.2) is 30.3 Å². The van der Waals surface area contributed by atoms with Crippen molar-refractivity contribution in [3.8, 4) is 0 Å². The van der Waals surface area contributed by atoms with Gasteiger partial charge in [0.2, 0.25) is 0 Å². The zero-order valence-electron chi connectivity index (χ0n) is 8.49. The Morgan fingerprint density at radius 2 is 1.53 bits per heavy atom. The number of non-ortho nitro benzene ring substituents is 2. The second kappa shape index (κ2) is 3.71. The molecule has 0 aliphatic rings. The molecule has 0 saturated carbocycles. The van der Waals surface area contributed by atoms with Crippen molar-refractivity contribution in [1.82, 2.24) is 0 Å². The second-order valence-corrected chi connectivity index (χ2v) is 3.39. The van der Waals surface area contributed by atoms with E-state index < -0.39 is 9.85 Å². The van der Waals surface area contributed by atoms with Gasteiger partial charge in [-0.05, 0) is 6.07 Å². The molecule has 86 valence electrons. The van der Waals surface area contributed by atoms with Crippen LogP contribution in [0, 0.1) is 20.2 Å². The molecule has 0 radical (unpaired) electrons. The summed E-state index contributed by atoms with van der Waals surface area (Å²) in [5.41, 5.74) is 5.29. The number of benzene rings is 2. The number of hydrogen-bond acceptors (Lipinski definition) is 5. The third kappa shape index (κ3) is 1.63. The Kier molecular flexibility index (Phi) is 2.36. The molecule has 0 fully saturated rings. The average Bonchev–Trinajstić information content (AvgIpc) is 2.28. The second-order valence-electron chi connectivity index (χ2n) is 3.39. The van der Waals surface area contributed by atoms with Crippen molar-refractivity contribution in [1.29, 1.82) is 0 Å². The maximum atomic E-state index is 10.8. The van der Waals surface area contributed by atoms with E-state index in [1.807, 2.05) is 0 Å². The van der Waals surface area contributed by atoms with E-state index in [1.165, 1.54) is 30.3 Å². The maximum Gasteiger partial charge on any atom is 0.284 e. The smallest absolute Gasteiger partial charge is 0.284 e. The van der Waals surface area contributed by atoms with Crippen LogP contribution in [-0.4, -0.2) is 9.85 Å². The van der Waals surface area contributed by atoms with Crippen molar-refractivity contribution in [3.05, 3.63) is 50.6 Å². The lowest BCUT2D eigenvalue weighted by Crippen LogP contribution is -1.97. The zero-order chi connectivity index (χ0) is 12.6. The number of nitrogen functional groups attached to an aromatic ring is 1. The summed E-state index contributed by atoms with van der Waals surface area (Å²) in [6, 6.07) is 6.72. The molecule has 7 nitrogen and oxygen atoms in total. The molecule has 0 aromatic heterocycles. The van der Waals surface area contributed by atoms with Gasteiger partial charge in [-0.15, -0.1) is 0 Å². The Morgan fingerprint density at radius 1 is 0.941 bits per heavy atom. The van der Waals surface area contributed by atoms with Crippen molar-refractivity contribution < 1.29 is 9.85 Å². The first kappa shape index (κ1) is 10.8. The number of nitrogens with zero attached hydrogens (tertiary/aromatic N) is 2. The molecule has 0 aliphatic carbocycles. The summed E-state index contributed by atoms with van der Waals surface area (Å²) < 4.78 is 0. The van der Waals surface area contributed by atoms with Crippen LogP contribution in [0.4, 0.5) is 17.1 Å². The first-order chi connectivity index (χ1) is 8.02. The fourth-order valence-corrected chi connectivity index (χ4v) is 1.70. The van der Waals surface area contributed by atoms with Gasteiger partial charge in [-0.3, -0.25) is 20.2 Å². The summed E-state index contributed by atoms with van der Waals surface area (Å²) in [4.78, 5) is 20.4. The molecule has 0 amide bonds. The van der Waals surface area contributed by atoms with Crippen LogP contribution in [0.5, 0.6) is 0 Å². The number of anilines is 1. The lowest BCUT2D eigenvalue weighted by Gasteiger charge is -2.03. The third-order valence-corrected chi connectivity index (χ3v) is 2.42.